The van der Waals surface area contributed by atoms with Crippen LogP contribution in [0.4, 0.5) is 4.79 Å². The number of nitrogens with one attached hydrogen (secondary N) is 1. The van der Waals surface area contributed by atoms with Crippen LogP contribution >= 0.6 is 0 Å². The maximum Gasteiger partial charge on any atom is 0.318 e. The van der Waals surface area contributed by atoms with E-state index in [1.165, 1.54) is 0 Å². The normalized spacial score (nSPS) is 13.9. The third-order valence-corrected chi connectivity index (χ3v) is 2.97. The lowest BCUT2D eigenvalue weighted by atomic mass is 9.91. The molecule has 0 spiro atoms. The average Bonchev–Trinajstić information content (AvgIpc) is 2.18. The summed E-state index contributed by atoms with van der Waals surface area (Å²) in [5.74, 6) is -1.01. The summed E-state index contributed by atoms with van der Waals surface area (Å²) >= 11 is 0. The first kappa shape index (κ1) is 19.4. The lowest BCUT2D eigenvalue weighted by molar-refractivity contribution is -0.132. The van der Waals surface area contributed by atoms with Crippen LogP contribution in [0.5, 0.6) is 0 Å². The summed E-state index contributed by atoms with van der Waals surface area (Å²) in [4.78, 5) is 36.3. The largest absolute Gasteiger partial charge is 0.370 e. The molecule has 0 aromatic carbocycles. The molecule has 0 rings (SSSR count). The number of hydrogen-bond donors (Lipinski definition) is 3. The highest BCUT2D eigenvalue weighted by Gasteiger charge is 2.40. The van der Waals surface area contributed by atoms with E-state index in [9.17, 15) is 14.4 Å². The van der Waals surface area contributed by atoms with Crippen LogP contribution in [0.1, 0.15) is 54.4 Å². The molecule has 0 saturated heterocycles. The molecule has 0 aromatic rings. The van der Waals surface area contributed by atoms with Crippen molar-refractivity contribution >= 4 is 17.8 Å². The second-order valence-corrected chi connectivity index (χ2v) is 7.09. The van der Waals surface area contributed by atoms with Crippen molar-refractivity contribution in [3.05, 3.63) is 0 Å². The van der Waals surface area contributed by atoms with Crippen LogP contribution in [0.2, 0.25) is 0 Å². The quantitative estimate of drug-likeness (QED) is 0.693. The zero-order valence-corrected chi connectivity index (χ0v) is 13.8. The Labute approximate surface area is 126 Å². The van der Waals surface area contributed by atoms with Gasteiger partial charge in [-0.05, 0) is 48.0 Å². The van der Waals surface area contributed by atoms with Crippen LogP contribution < -0.4 is 16.8 Å². The molecule has 0 bridgehead atoms. The molecule has 21 heavy (non-hydrogen) atoms. The third-order valence-electron chi connectivity index (χ3n) is 2.97. The minimum Gasteiger partial charge on any atom is -0.370 e. The number of rotatable bonds is 5. The molecule has 1 atom stereocenters. The predicted molar refractivity (Wildman–Crippen MR) is 81.3 cm³/mol. The van der Waals surface area contributed by atoms with E-state index in [2.05, 4.69) is 5.32 Å². The van der Waals surface area contributed by atoms with Gasteiger partial charge in [-0.1, -0.05) is 0 Å². The maximum absolute atomic E-state index is 12.3. The van der Waals surface area contributed by atoms with Gasteiger partial charge >= 0.3 is 6.03 Å². The molecular formula is C14H28N4O3. The van der Waals surface area contributed by atoms with Gasteiger partial charge < -0.3 is 11.5 Å². The molecule has 0 aliphatic rings. The summed E-state index contributed by atoms with van der Waals surface area (Å²) in [5, 5.41) is 2.10. The molecule has 0 heterocycles. The third kappa shape index (κ3) is 6.57. The van der Waals surface area contributed by atoms with Crippen LogP contribution in [0, 0.1) is 0 Å². The Morgan fingerprint density at radius 1 is 1.00 bits per heavy atom. The molecule has 0 unspecified atom stereocenters. The minimum absolute atomic E-state index is 0.0551. The van der Waals surface area contributed by atoms with Crippen molar-refractivity contribution in [2.45, 2.75) is 71.5 Å². The van der Waals surface area contributed by atoms with Crippen LogP contribution in [0.3, 0.4) is 0 Å². The van der Waals surface area contributed by atoms with Crippen molar-refractivity contribution in [3.63, 3.8) is 0 Å². The van der Waals surface area contributed by atoms with Gasteiger partial charge in [-0.25, -0.2) is 4.79 Å². The average molecular weight is 300 g/mol. The number of carbonyl (C=O) groups excluding carboxylic acids is 3. The van der Waals surface area contributed by atoms with Crippen molar-refractivity contribution in [2.75, 3.05) is 0 Å². The molecular weight excluding hydrogens is 272 g/mol. The Kier molecular flexibility index (Phi) is 6.35. The summed E-state index contributed by atoms with van der Waals surface area (Å²) < 4.78 is 0. The number of hydrogen-bond acceptors (Lipinski definition) is 4. The lowest BCUT2D eigenvalue weighted by Gasteiger charge is -2.49. The topological polar surface area (TPSA) is 119 Å². The highest BCUT2D eigenvalue weighted by atomic mass is 16.2. The SMILES string of the molecule is CC(C)(C)N([C@@H](CCC(N)=O)C(=O)NC(N)=O)C(C)(C)C. The molecule has 0 saturated carbocycles. The molecule has 0 fully saturated rings. The van der Waals surface area contributed by atoms with Gasteiger partial charge in [0.1, 0.15) is 0 Å². The lowest BCUT2D eigenvalue weighted by Crippen LogP contribution is -2.62. The Morgan fingerprint density at radius 3 is 1.71 bits per heavy atom. The highest BCUT2D eigenvalue weighted by molar-refractivity contribution is 5.96. The van der Waals surface area contributed by atoms with E-state index in [0.29, 0.717) is 0 Å². The molecule has 7 nitrogen and oxygen atoms in total. The molecule has 0 aromatic heterocycles. The summed E-state index contributed by atoms with van der Waals surface area (Å²) in [6.07, 6.45) is 0.280. The molecule has 122 valence electrons. The minimum atomic E-state index is -0.910. The van der Waals surface area contributed by atoms with E-state index in [-0.39, 0.29) is 23.9 Å². The second kappa shape index (κ2) is 6.89. The van der Waals surface area contributed by atoms with E-state index in [4.69, 9.17) is 11.5 Å². The summed E-state index contributed by atoms with van der Waals surface area (Å²) in [5.41, 5.74) is 9.50. The Hall–Kier alpha value is -1.63. The molecule has 0 aliphatic heterocycles. The van der Waals surface area contributed by atoms with E-state index < -0.39 is 23.9 Å². The fourth-order valence-corrected chi connectivity index (χ4v) is 2.80. The maximum atomic E-state index is 12.3. The molecule has 4 amide bonds. The molecule has 0 radical (unpaired) electrons. The second-order valence-electron chi connectivity index (χ2n) is 7.09. The van der Waals surface area contributed by atoms with Gasteiger partial charge in [-0.3, -0.25) is 19.8 Å². The van der Waals surface area contributed by atoms with Crippen molar-refractivity contribution in [1.29, 1.82) is 0 Å². The smallest absolute Gasteiger partial charge is 0.318 e. The van der Waals surface area contributed by atoms with Crippen molar-refractivity contribution < 1.29 is 14.4 Å². The van der Waals surface area contributed by atoms with Crippen LogP contribution in [0.15, 0.2) is 0 Å². The fourth-order valence-electron chi connectivity index (χ4n) is 2.80. The Morgan fingerprint density at radius 2 is 1.43 bits per heavy atom. The number of nitrogens with two attached hydrogens (primary N) is 2. The van der Waals surface area contributed by atoms with Gasteiger partial charge in [0.2, 0.25) is 11.8 Å². The number of urea groups is 1. The Bertz CT molecular complexity index is 393. The van der Waals surface area contributed by atoms with Gasteiger partial charge in [-0.15, -0.1) is 0 Å². The van der Waals surface area contributed by atoms with Crippen molar-refractivity contribution in [1.82, 2.24) is 10.2 Å². The van der Waals surface area contributed by atoms with Crippen LogP contribution in [0.25, 0.3) is 0 Å². The van der Waals surface area contributed by atoms with E-state index in [1.54, 1.807) is 0 Å². The van der Waals surface area contributed by atoms with Gasteiger partial charge in [0.05, 0.1) is 6.04 Å². The van der Waals surface area contributed by atoms with Gasteiger partial charge in [0.15, 0.2) is 0 Å². The Balaban J connectivity index is 5.54. The zero-order chi connectivity index (χ0) is 17.0. The first-order valence-electron chi connectivity index (χ1n) is 6.95. The van der Waals surface area contributed by atoms with Crippen LogP contribution in [-0.4, -0.2) is 39.9 Å². The van der Waals surface area contributed by atoms with E-state index >= 15 is 0 Å². The molecule has 0 aliphatic carbocycles. The number of nitrogens with zero attached hydrogens (tertiary/aromatic N) is 1. The number of carbonyl (C=O) groups is 3. The summed E-state index contributed by atoms with van der Waals surface area (Å²) in [6.45, 7) is 11.8. The standard InChI is InChI=1S/C14H28N4O3/c1-13(2,3)18(14(4,5)6)9(7-8-10(15)19)11(20)17-12(16)21/h9H,7-8H2,1-6H3,(H2,15,19)(H3,16,17,20,21)/t9-/m0/s1. The first-order valence-corrected chi connectivity index (χ1v) is 6.95. The predicted octanol–water partition coefficient (Wildman–Crippen LogP) is 0.714. The monoisotopic (exact) mass is 300 g/mol. The van der Waals surface area contributed by atoms with Crippen molar-refractivity contribution in [2.24, 2.45) is 11.5 Å². The zero-order valence-electron chi connectivity index (χ0n) is 13.8. The van der Waals surface area contributed by atoms with Crippen LogP contribution in [-0.2, 0) is 9.59 Å². The first-order chi connectivity index (χ1) is 9.26. The van der Waals surface area contributed by atoms with Gasteiger partial charge in [0, 0.05) is 17.5 Å². The number of primary amides is 2. The van der Waals surface area contributed by atoms with E-state index in [0.717, 1.165) is 0 Å². The van der Waals surface area contributed by atoms with E-state index in [1.807, 2.05) is 46.4 Å². The highest BCUT2D eigenvalue weighted by Crippen LogP contribution is 2.29. The number of imide groups is 1. The van der Waals surface area contributed by atoms with Gasteiger partial charge in [0.25, 0.3) is 0 Å². The van der Waals surface area contributed by atoms with Crippen molar-refractivity contribution in [3.8, 4) is 0 Å². The van der Waals surface area contributed by atoms with Gasteiger partial charge in [-0.2, -0.15) is 0 Å². The fraction of sp³-hybridized carbons (Fsp3) is 0.786. The molecule has 5 N–H and O–H groups in total. The molecule has 7 heteroatoms. The number of amides is 4. The summed E-state index contributed by atoms with van der Waals surface area (Å²) in [7, 11) is 0. The summed E-state index contributed by atoms with van der Waals surface area (Å²) in [6, 6.07) is -1.59.